The SMILES string of the molecule is COc1cccc2c1C(=O)c1c(O)c3c(c(O)c1C2=O)C[C@@](O)(C(=O)COC(=O)c1ccc(C(=O)O)cc1C(=O)O)C[C@@H]3O[C@H]1C[C@H](N2CCCC2)[C@H](O)[C@H](C)O1. The zero-order valence-electron chi connectivity index (χ0n) is 30.7. The summed E-state index contributed by atoms with van der Waals surface area (Å²) in [5, 5.41) is 65.7. The molecule has 0 aromatic heterocycles. The molecule has 7 rings (SSSR count). The number of esters is 1. The van der Waals surface area contributed by atoms with Crippen LogP contribution in [-0.4, -0.2) is 128 Å². The van der Waals surface area contributed by atoms with Crippen molar-refractivity contribution in [3.63, 3.8) is 0 Å². The Morgan fingerprint density at radius 3 is 2.30 bits per heavy atom. The molecule has 0 spiro atoms. The Hall–Kier alpha value is -5.72. The number of hydrogen-bond acceptors (Lipinski definition) is 15. The fourth-order valence-corrected chi connectivity index (χ4v) is 8.36. The number of phenols is 2. The summed E-state index contributed by atoms with van der Waals surface area (Å²) < 4.78 is 22.9. The molecule has 17 heteroatoms. The summed E-state index contributed by atoms with van der Waals surface area (Å²) in [7, 11) is 1.30. The van der Waals surface area contributed by atoms with Crippen molar-refractivity contribution < 1.29 is 78.4 Å². The molecule has 6 N–H and O–H groups in total. The Kier molecular flexibility index (Phi) is 10.4. The zero-order valence-corrected chi connectivity index (χ0v) is 30.7. The van der Waals surface area contributed by atoms with Crippen LogP contribution in [0, 0.1) is 0 Å². The van der Waals surface area contributed by atoms with Crippen LogP contribution in [0.15, 0.2) is 36.4 Å². The number of fused-ring (bicyclic) bond motifs is 3. The lowest BCUT2D eigenvalue weighted by Gasteiger charge is -2.44. The fourth-order valence-electron chi connectivity index (χ4n) is 8.36. The molecule has 3 aromatic carbocycles. The van der Waals surface area contributed by atoms with Gasteiger partial charge in [0.15, 0.2) is 18.7 Å². The number of aromatic hydroxyl groups is 2. The number of carbonyl (C=O) groups is 6. The standard InChI is InChI=1S/C40H39NO16/c1-17-32(43)23(41-10-3-4-11-41)13-27(56-17)57-25-15-40(53,26(42)16-55-39(52)19-9-8-18(37(48)49)12-21(19)38(50)51)14-22-29(25)36(47)31-30(34(22)45)33(44)20-6-5-7-24(54-2)28(20)35(31)46/h5-9,12,17,23,25,27,32,43,45,47,53H,3-4,10-11,13-16H2,1-2H3,(H,48,49)(H,50,51)/t17-,23-,25-,27-,32+,40-/m0/s1. The van der Waals surface area contributed by atoms with Gasteiger partial charge < -0.3 is 49.6 Å². The molecule has 2 fully saturated rings. The lowest BCUT2D eigenvalue weighted by atomic mass is 9.72. The third kappa shape index (κ3) is 6.80. The van der Waals surface area contributed by atoms with Crippen LogP contribution < -0.4 is 4.74 Å². The lowest BCUT2D eigenvalue weighted by molar-refractivity contribution is -0.257. The number of ether oxygens (including phenoxy) is 4. The molecule has 0 bridgehead atoms. The molecule has 6 atom stereocenters. The molecule has 0 unspecified atom stereocenters. The van der Waals surface area contributed by atoms with Gasteiger partial charge in [0.1, 0.15) is 22.8 Å². The minimum Gasteiger partial charge on any atom is -0.507 e. The van der Waals surface area contributed by atoms with Crippen LogP contribution in [0.5, 0.6) is 17.2 Å². The Morgan fingerprint density at radius 2 is 1.63 bits per heavy atom. The Bertz CT molecular complexity index is 2220. The number of aromatic carboxylic acids is 2. The number of benzene rings is 3. The maximum Gasteiger partial charge on any atom is 0.339 e. The number of methoxy groups -OCH3 is 1. The number of nitrogens with zero attached hydrogens (tertiary/aromatic N) is 1. The molecule has 2 aliphatic heterocycles. The number of phenolic OH excluding ortho intramolecular Hbond substituents is 2. The highest BCUT2D eigenvalue weighted by Crippen LogP contribution is 2.52. The number of carboxylic acid groups (broad SMARTS) is 2. The quantitative estimate of drug-likeness (QED) is 0.0995. The van der Waals surface area contributed by atoms with E-state index in [2.05, 4.69) is 4.90 Å². The molecule has 3 aromatic rings. The third-order valence-electron chi connectivity index (χ3n) is 11.2. The van der Waals surface area contributed by atoms with Crippen molar-refractivity contribution in [2.45, 2.75) is 75.3 Å². The van der Waals surface area contributed by atoms with Crippen LogP contribution in [0.1, 0.15) is 113 Å². The van der Waals surface area contributed by atoms with Gasteiger partial charge >= 0.3 is 17.9 Å². The first-order valence-electron chi connectivity index (χ1n) is 18.2. The summed E-state index contributed by atoms with van der Waals surface area (Å²) >= 11 is 0. The molecule has 0 amide bonds. The van der Waals surface area contributed by atoms with Gasteiger partial charge in [-0.05, 0) is 57.1 Å². The van der Waals surface area contributed by atoms with Crippen LogP contribution in [0.25, 0.3) is 0 Å². The van der Waals surface area contributed by atoms with E-state index in [1.165, 1.54) is 25.3 Å². The van der Waals surface area contributed by atoms with E-state index in [9.17, 15) is 59.4 Å². The molecule has 0 saturated carbocycles. The number of aliphatic hydroxyl groups excluding tert-OH is 1. The lowest BCUT2D eigenvalue weighted by Crippen LogP contribution is -2.55. The highest BCUT2D eigenvalue weighted by molar-refractivity contribution is 6.31. The van der Waals surface area contributed by atoms with E-state index in [0.29, 0.717) is 0 Å². The molecule has 0 radical (unpaired) electrons. The average molecular weight is 790 g/mol. The number of likely N-dealkylation sites (tertiary alicyclic amines) is 1. The van der Waals surface area contributed by atoms with Crippen LogP contribution in [0.2, 0.25) is 0 Å². The first-order chi connectivity index (χ1) is 27.1. The Labute approximate surface area is 323 Å². The predicted octanol–water partition coefficient (Wildman–Crippen LogP) is 2.40. The summed E-state index contributed by atoms with van der Waals surface area (Å²) in [6.07, 6.45) is -3.70. The van der Waals surface area contributed by atoms with Crippen molar-refractivity contribution in [2.75, 3.05) is 26.8 Å². The minimum absolute atomic E-state index is 0.0415. The van der Waals surface area contributed by atoms with E-state index >= 15 is 0 Å². The number of carboxylic acids is 2. The summed E-state index contributed by atoms with van der Waals surface area (Å²) in [5.41, 5.74) is -6.16. The van der Waals surface area contributed by atoms with E-state index in [1.54, 1.807) is 6.92 Å². The third-order valence-corrected chi connectivity index (χ3v) is 11.2. The topological polar surface area (TPSA) is 264 Å². The summed E-state index contributed by atoms with van der Waals surface area (Å²) in [6.45, 7) is 1.95. The second-order valence-electron chi connectivity index (χ2n) is 14.6. The molecule has 300 valence electrons. The first-order valence-corrected chi connectivity index (χ1v) is 18.2. The number of aliphatic hydroxyl groups is 2. The normalized spacial score (nSPS) is 25.6. The van der Waals surface area contributed by atoms with Crippen molar-refractivity contribution in [1.82, 2.24) is 4.90 Å². The van der Waals surface area contributed by atoms with Crippen LogP contribution in [0.4, 0.5) is 0 Å². The number of ketones is 3. The predicted molar refractivity (Wildman–Crippen MR) is 192 cm³/mol. The number of hydrogen-bond donors (Lipinski definition) is 6. The van der Waals surface area contributed by atoms with Crippen molar-refractivity contribution in [3.05, 3.63) is 86.5 Å². The van der Waals surface area contributed by atoms with Crippen LogP contribution >= 0.6 is 0 Å². The molecule has 2 aliphatic carbocycles. The van der Waals surface area contributed by atoms with E-state index in [4.69, 9.17) is 18.9 Å². The van der Waals surface area contributed by atoms with Gasteiger partial charge in [-0.3, -0.25) is 19.3 Å². The van der Waals surface area contributed by atoms with Gasteiger partial charge in [0.25, 0.3) is 0 Å². The molecule has 4 aliphatic rings. The molecular weight excluding hydrogens is 750 g/mol. The van der Waals surface area contributed by atoms with Crippen molar-refractivity contribution in [3.8, 4) is 17.2 Å². The number of carbonyl (C=O) groups excluding carboxylic acids is 4. The van der Waals surface area contributed by atoms with Gasteiger partial charge in [0.05, 0.1) is 58.8 Å². The fraction of sp³-hybridized carbons (Fsp3) is 0.400. The van der Waals surface area contributed by atoms with Crippen LogP contribution in [-0.2, 0) is 25.4 Å². The van der Waals surface area contributed by atoms with Gasteiger partial charge in [0.2, 0.25) is 11.6 Å². The maximum absolute atomic E-state index is 14.1. The van der Waals surface area contributed by atoms with Gasteiger partial charge in [-0.1, -0.05) is 12.1 Å². The Morgan fingerprint density at radius 1 is 0.930 bits per heavy atom. The second kappa shape index (κ2) is 15.0. The molecule has 2 saturated heterocycles. The van der Waals surface area contributed by atoms with E-state index in [1.807, 2.05) is 0 Å². The molecule has 57 heavy (non-hydrogen) atoms. The van der Waals surface area contributed by atoms with Gasteiger partial charge in [0, 0.05) is 42.0 Å². The first kappa shape index (κ1) is 39.5. The zero-order chi connectivity index (χ0) is 41.1. The largest absolute Gasteiger partial charge is 0.507 e. The van der Waals surface area contributed by atoms with Gasteiger partial charge in [-0.15, -0.1) is 0 Å². The highest BCUT2D eigenvalue weighted by atomic mass is 16.7. The van der Waals surface area contributed by atoms with Gasteiger partial charge in [-0.2, -0.15) is 0 Å². The molecular formula is C40H39NO16. The van der Waals surface area contributed by atoms with E-state index < -0.39 is 130 Å². The minimum atomic E-state index is -2.53. The van der Waals surface area contributed by atoms with Crippen molar-refractivity contribution in [2.24, 2.45) is 0 Å². The smallest absolute Gasteiger partial charge is 0.339 e. The monoisotopic (exact) mass is 789 g/mol. The van der Waals surface area contributed by atoms with Crippen molar-refractivity contribution >= 4 is 35.3 Å². The second-order valence-corrected chi connectivity index (χ2v) is 14.6. The number of Topliss-reactive ketones (excluding diaryl/α,β-unsaturated/α-hetero) is 1. The van der Waals surface area contributed by atoms with E-state index in [0.717, 1.165) is 44.1 Å². The summed E-state index contributed by atoms with van der Waals surface area (Å²) in [5.74, 6) is -8.78. The van der Waals surface area contributed by atoms with E-state index in [-0.39, 0.29) is 34.4 Å². The summed E-state index contributed by atoms with van der Waals surface area (Å²) in [6, 6.07) is 6.47. The Balaban J connectivity index is 1.26. The molecule has 2 heterocycles. The van der Waals surface area contributed by atoms with Crippen LogP contribution in [0.3, 0.4) is 0 Å². The van der Waals surface area contributed by atoms with Crippen molar-refractivity contribution in [1.29, 1.82) is 0 Å². The highest BCUT2D eigenvalue weighted by Gasteiger charge is 2.51. The molecule has 17 nitrogen and oxygen atoms in total. The average Bonchev–Trinajstić information content (AvgIpc) is 3.72. The maximum atomic E-state index is 14.1. The summed E-state index contributed by atoms with van der Waals surface area (Å²) in [4.78, 5) is 80.3. The number of rotatable bonds is 10. The van der Waals surface area contributed by atoms with Gasteiger partial charge in [-0.25, -0.2) is 14.4 Å².